The van der Waals surface area contributed by atoms with Gasteiger partial charge >= 0.3 is 0 Å². The number of anilines is 1. The third-order valence-corrected chi connectivity index (χ3v) is 2.95. The Morgan fingerprint density at radius 3 is 2.55 bits per heavy atom. The Hall–Kier alpha value is -2.17. The van der Waals surface area contributed by atoms with E-state index in [0.717, 1.165) is 0 Å². The molecule has 0 spiro atoms. The molecule has 2 aromatic rings. The Labute approximate surface area is 118 Å². The van der Waals surface area contributed by atoms with Gasteiger partial charge in [-0.25, -0.2) is 14.4 Å². The molecule has 106 valence electrons. The van der Waals surface area contributed by atoms with Crippen LogP contribution in [-0.2, 0) is 0 Å². The predicted molar refractivity (Wildman–Crippen MR) is 77.6 cm³/mol. The quantitative estimate of drug-likeness (QED) is 0.928. The molecule has 0 saturated heterocycles. The number of aromatic nitrogens is 2. The number of nitrogens with zero attached hydrogens (tertiary/aromatic N) is 2. The lowest BCUT2D eigenvalue weighted by molar-refractivity contribution is 0.415. The minimum Gasteiger partial charge on any atom is -0.496 e. The van der Waals surface area contributed by atoms with Crippen LogP contribution < -0.4 is 10.1 Å². The molecule has 0 unspecified atom stereocenters. The van der Waals surface area contributed by atoms with E-state index in [4.69, 9.17) is 4.74 Å². The van der Waals surface area contributed by atoms with Gasteiger partial charge in [0.15, 0.2) is 0 Å². The van der Waals surface area contributed by atoms with Crippen LogP contribution in [0, 0.1) is 5.82 Å². The third kappa shape index (κ3) is 2.87. The Morgan fingerprint density at radius 1 is 1.20 bits per heavy atom. The van der Waals surface area contributed by atoms with Crippen LogP contribution in [0.15, 0.2) is 24.3 Å². The summed E-state index contributed by atoms with van der Waals surface area (Å²) in [7, 11) is 3.35. The van der Waals surface area contributed by atoms with E-state index in [1.807, 2.05) is 13.8 Å². The Bertz CT molecular complexity index is 614. The molecule has 0 amide bonds. The van der Waals surface area contributed by atoms with Gasteiger partial charge < -0.3 is 10.1 Å². The first-order valence-corrected chi connectivity index (χ1v) is 6.45. The van der Waals surface area contributed by atoms with E-state index in [9.17, 15) is 4.39 Å². The van der Waals surface area contributed by atoms with E-state index in [0.29, 0.717) is 28.6 Å². The zero-order valence-electron chi connectivity index (χ0n) is 12.1. The summed E-state index contributed by atoms with van der Waals surface area (Å²) in [5.74, 6) is 1.85. The van der Waals surface area contributed by atoms with Crippen molar-refractivity contribution >= 4 is 5.82 Å². The van der Waals surface area contributed by atoms with Gasteiger partial charge in [0.25, 0.3) is 0 Å². The van der Waals surface area contributed by atoms with Gasteiger partial charge in [-0.3, -0.25) is 0 Å². The number of hydrogen-bond donors (Lipinski definition) is 1. The highest BCUT2D eigenvalue weighted by molar-refractivity contribution is 5.69. The lowest BCUT2D eigenvalue weighted by Gasteiger charge is -2.12. The molecule has 2 rings (SSSR count). The highest BCUT2D eigenvalue weighted by Gasteiger charge is 2.13. The Morgan fingerprint density at radius 2 is 1.95 bits per heavy atom. The van der Waals surface area contributed by atoms with Crippen LogP contribution in [0.25, 0.3) is 11.3 Å². The molecule has 5 heteroatoms. The maximum atomic E-state index is 13.5. The van der Waals surface area contributed by atoms with Crippen molar-refractivity contribution in [1.82, 2.24) is 9.97 Å². The number of hydrogen-bond acceptors (Lipinski definition) is 4. The first-order valence-electron chi connectivity index (χ1n) is 6.45. The van der Waals surface area contributed by atoms with E-state index >= 15 is 0 Å². The molecular formula is C15H18FN3O. The van der Waals surface area contributed by atoms with Crippen LogP contribution in [0.2, 0.25) is 0 Å². The van der Waals surface area contributed by atoms with Crippen molar-refractivity contribution in [3.63, 3.8) is 0 Å². The normalized spacial score (nSPS) is 10.7. The number of benzene rings is 1. The molecule has 0 aliphatic rings. The van der Waals surface area contributed by atoms with Crippen LogP contribution in [0.1, 0.15) is 25.6 Å². The highest BCUT2D eigenvalue weighted by Crippen LogP contribution is 2.31. The fraction of sp³-hybridized carbons (Fsp3) is 0.333. The van der Waals surface area contributed by atoms with Crippen LogP contribution >= 0.6 is 0 Å². The first kappa shape index (κ1) is 14.2. The average Bonchev–Trinajstić information content (AvgIpc) is 2.46. The summed E-state index contributed by atoms with van der Waals surface area (Å²) in [6, 6.07) is 6.17. The van der Waals surface area contributed by atoms with Gasteiger partial charge in [-0.2, -0.15) is 0 Å². The van der Waals surface area contributed by atoms with E-state index in [-0.39, 0.29) is 11.7 Å². The van der Waals surface area contributed by atoms with Crippen LogP contribution in [0.4, 0.5) is 10.2 Å². The van der Waals surface area contributed by atoms with Crippen molar-refractivity contribution in [2.45, 2.75) is 19.8 Å². The smallest absolute Gasteiger partial charge is 0.133 e. The van der Waals surface area contributed by atoms with Gasteiger partial charge in [-0.15, -0.1) is 0 Å². The summed E-state index contributed by atoms with van der Waals surface area (Å²) in [4.78, 5) is 8.90. The molecule has 0 bridgehead atoms. The van der Waals surface area contributed by atoms with Crippen molar-refractivity contribution in [1.29, 1.82) is 0 Å². The molecule has 0 saturated carbocycles. The van der Waals surface area contributed by atoms with E-state index in [1.54, 1.807) is 26.3 Å². The van der Waals surface area contributed by atoms with Gasteiger partial charge in [-0.1, -0.05) is 13.8 Å². The molecule has 0 fully saturated rings. The third-order valence-electron chi connectivity index (χ3n) is 2.95. The molecule has 0 aliphatic heterocycles. The number of rotatable bonds is 4. The second-order valence-corrected chi connectivity index (χ2v) is 4.75. The Kier molecular flexibility index (Phi) is 4.17. The SMILES string of the molecule is CNc1cc(-c2cc(F)ccc2OC)nc(C(C)C)n1. The maximum Gasteiger partial charge on any atom is 0.133 e. The van der Waals surface area contributed by atoms with Gasteiger partial charge in [0, 0.05) is 24.6 Å². The number of ether oxygens (including phenoxy) is 1. The number of nitrogens with one attached hydrogen (secondary N) is 1. The summed E-state index contributed by atoms with van der Waals surface area (Å²) in [5.41, 5.74) is 1.26. The van der Waals surface area contributed by atoms with Gasteiger partial charge in [-0.05, 0) is 18.2 Å². The summed E-state index contributed by atoms with van der Waals surface area (Å²) >= 11 is 0. The fourth-order valence-electron chi connectivity index (χ4n) is 1.87. The molecule has 1 N–H and O–H groups in total. The van der Waals surface area contributed by atoms with Gasteiger partial charge in [0.05, 0.1) is 12.8 Å². The molecule has 1 aromatic carbocycles. The molecule has 1 aromatic heterocycles. The van der Waals surface area contributed by atoms with Gasteiger partial charge in [0.2, 0.25) is 0 Å². The summed E-state index contributed by atoms with van der Waals surface area (Å²) in [5, 5.41) is 3.00. The first-order chi connectivity index (χ1) is 9.55. The van der Waals surface area contributed by atoms with Crippen LogP contribution in [-0.4, -0.2) is 24.1 Å². The highest BCUT2D eigenvalue weighted by atomic mass is 19.1. The van der Waals surface area contributed by atoms with Crippen LogP contribution in [0.3, 0.4) is 0 Å². The number of methoxy groups -OCH3 is 1. The zero-order valence-corrected chi connectivity index (χ0v) is 12.1. The monoisotopic (exact) mass is 275 g/mol. The molecule has 4 nitrogen and oxygen atoms in total. The number of halogens is 1. The summed E-state index contributed by atoms with van der Waals surface area (Å²) < 4.78 is 18.8. The summed E-state index contributed by atoms with van der Waals surface area (Å²) in [6.45, 7) is 4.03. The lowest BCUT2D eigenvalue weighted by atomic mass is 10.1. The largest absolute Gasteiger partial charge is 0.496 e. The molecular weight excluding hydrogens is 257 g/mol. The van der Waals surface area contributed by atoms with Crippen molar-refractivity contribution in [3.8, 4) is 17.0 Å². The molecule has 0 aliphatic carbocycles. The minimum absolute atomic E-state index is 0.182. The van der Waals surface area contributed by atoms with Crippen LogP contribution in [0.5, 0.6) is 5.75 Å². The molecule has 20 heavy (non-hydrogen) atoms. The predicted octanol–water partition coefficient (Wildman–Crippen LogP) is 3.46. The van der Waals surface area contributed by atoms with Crippen molar-refractivity contribution < 1.29 is 9.13 Å². The zero-order chi connectivity index (χ0) is 14.7. The average molecular weight is 275 g/mol. The van der Waals surface area contributed by atoms with Gasteiger partial charge in [0.1, 0.15) is 23.2 Å². The molecule has 1 heterocycles. The van der Waals surface area contributed by atoms with Crippen molar-refractivity contribution in [3.05, 3.63) is 35.9 Å². The van der Waals surface area contributed by atoms with Crippen molar-refractivity contribution in [2.75, 3.05) is 19.5 Å². The second-order valence-electron chi connectivity index (χ2n) is 4.75. The Balaban J connectivity index is 2.62. The van der Waals surface area contributed by atoms with E-state index < -0.39 is 0 Å². The molecule has 0 atom stereocenters. The lowest BCUT2D eigenvalue weighted by Crippen LogP contribution is -2.04. The fourth-order valence-corrected chi connectivity index (χ4v) is 1.87. The standard InChI is InChI=1S/C15H18FN3O/c1-9(2)15-18-12(8-14(17-3)19-15)11-7-10(16)5-6-13(11)20-4/h5-9H,1-4H3,(H,17,18,19). The second kappa shape index (κ2) is 5.86. The molecule has 0 radical (unpaired) electrons. The minimum atomic E-state index is -0.323. The van der Waals surface area contributed by atoms with Crippen molar-refractivity contribution in [2.24, 2.45) is 0 Å². The maximum absolute atomic E-state index is 13.5. The van der Waals surface area contributed by atoms with E-state index in [1.165, 1.54) is 12.1 Å². The topological polar surface area (TPSA) is 47.0 Å². The summed E-state index contributed by atoms with van der Waals surface area (Å²) in [6.07, 6.45) is 0. The van der Waals surface area contributed by atoms with E-state index in [2.05, 4.69) is 15.3 Å².